The largest absolute Gasteiger partial charge is 0.375 e. The fourth-order valence-corrected chi connectivity index (χ4v) is 3.15. The van der Waals surface area contributed by atoms with E-state index >= 15 is 0 Å². The summed E-state index contributed by atoms with van der Waals surface area (Å²) in [6.07, 6.45) is 2.98. The van der Waals surface area contributed by atoms with Crippen molar-refractivity contribution in [2.75, 3.05) is 18.5 Å². The number of nitrogens with one attached hydrogen (secondary N) is 2. The van der Waals surface area contributed by atoms with E-state index in [4.69, 9.17) is 16.3 Å². The first kappa shape index (κ1) is 13.9. The summed E-state index contributed by atoms with van der Waals surface area (Å²) in [4.78, 5) is 12.3. The highest BCUT2D eigenvalue weighted by atomic mass is 35.5. The number of hydrogen-bond acceptors (Lipinski definition) is 3. The minimum atomic E-state index is 0.0566. The average molecular weight is 295 g/mol. The molecule has 1 aliphatic heterocycles. The van der Waals surface area contributed by atoms with E-state index in [0.717, 1.165) is 38.1 Å². The monoisotopic (exact) mass is 294 g/mol. The van der Waals surface area contributed by atoms with Crippen LogP contribution in [0.2, 0.25) is 5.02 Å². The molecule has 3 rings (SSSR count). The lowest BCUT2D eigenvalue weighted by atomic mass is 9.82. The van der Waals surface area contributed by atoms with Gasteiger partial charge in [-0.3, -0.25) is 4.79 Å². The smallest absolute Gasteiger partial charge is 0.227 e. The third-order valence-electron chi connectivity index (χ3n) is 4.11. The molecule has 2 fully saturated rings. The zero-order valence-corrected chi connectivity index (χ0v) is 12.0. The number of fused-ring (bicyclic) bond motifs is 1. The Kier molecular flexibility index (Phi) is 4.24. The Balaban J connectivity index is 1.58. The maximum absolute atomic E-state index is 12.3. The maximum Gasteiger partial charge on any atom is 0.227 e. The molecule has 1 aliphatic carbocycles. The molecule has 2 aliphatic rings. The van der Waals surface area contributed by atoms with Crippen LogP contribution in [0, 0.1) is 5.92 Å². The lowest BCUT2D eigenvalue weighted by molar-refractivity contribution is -0.123. The van der Waals surface area contributed by atoms with Crippen molar-refractivity contribution in [2.45, 2.75) is 31.4 Å². The molecule has 4 nitrogen and oxygen atoms in total. The second kappa shape index (κ2) is 6.12. The van der Waals surface area contributed by atoms with Crippen LogP contribution >= 0.6 is 11.6 Å². The van der Waals surface area contributed by atoms with Gasteiger partial charge in [0.2, 0.25) is 5.91 Å². The van der Waals surface area contributed by atoms with Gasteiger partial charge >= 0.3 is 0 Å². The van der Waals surface area contributed by atoms with Gasteiger partial charge in [-0.05, 0) is 43.5 Å². The van der Waals surface area contributed by atoms with E-state index in [1.807, 2.05) is 12.1 Å². The Morgan fingerprint density at radius 2 is 2.10 bits per heavy atom. The number of benzene rings is 1. The normalized spacial score (nSPS) is 29.6. The van der Waals surface area contributed by atoms with Crippen LogP contribution in [0.25, 0.3) is 0 Å². The second-order valence-corrected chi connectivity index (χ2v) is 5.91. The van der Waals surface area contributed by atoms with E-state index in [0.29, 0.717) is 11.1 Å². The molecule has 108 valence electrons. The van der Waals surface area contributed by atoms with Crippen molar-refractivity contribution in [3.05, 3.63) is 29.3 Å². The number of rotatable bonds is 2. The van der Waals surface area contributed by atoms with Crippen LogP contribution in [-0.4, -0.2) is 31.2 Å². The fourth-order valence-electron chi connectivity index (χ4n) is 3.03. The highest BCUT2D eigenvalue weighted by Crippen LogP contribution is 2.29. The Bertz CT molecular complexity index is 477. The summed E-state index contributed by atoms with van der Waals surface area (Å²) in [7, 11) is 0. The maximum atomic E-state index is 12.3. The second-order valence-electron chi connectivity index (χ2n) is 5.48. The number of carbonyl (C=O) groups is 1. The van der Waals surface area contributed by atoms with E-state index in [-0.39, 0.29) is 17.9 Å². The molecular weight excluding hydrogens is 276 g/mol. The van der Waals surface area contributed by atoms with Crippen molar-refractivity contribution in [3.63, 3.8) is 0 Å². The molecular formula is C15H19ClN2O2. The molecule has 0 bridgehead atoms. The van der Waals surface area contributed by atoms with E-state index < -0.39 is 0 Å². The molecule has 0 aromatic heterocycles. The average Bonchev–Trinajstić information content (AvgIpc) is 2.49. The molecule has 3 atom stereocenters. The zero-order valence-electron chi connectivity index (χ0n) is 11.3. The highest BCUT2D eigenvalue weighted by molar-refractivity contribution is 6.30. The van der Waals surface area contributed by atoms with Gasteiger partial charge in [0.15, 0.2) is 0 Å². The van der Waals surface area contributed by atoms with Crippen LogP contribution < -0.4 is 10.6 Å². The minimum Gasteiger partial charge on any atom is -0.375 e. The predicted octanol–water partition coefficient (Wildman–Crippen LogP) is 2.44. The molecule has 1 aromatic carbocycles. The summed E-state index contributed by atoms with van der Waals surface area (Å²) in [5.74, 6) is 0.152. The Hall–Kier alpha value is -1.10. The third-order valence-corrected chi connectivity index (χ3v) is 4.36. The molecule has 0 unspecified atom stereocenters. The van der Waals surface area contributed by atoms with Gasteiger partial charge in [-0.25, -0.2) is 0 Å². The molecule has 1 saturated heterocycles. The fraction of sp³-hybridized carbons (Fsp3) is 0.533. The van der Waals surface area contributed by atoms with Crippen LogP contribution in [0.5, 0.6) is 0 Å². The molecule has 1 heterocycles. The Morgan fingerprint density at radius 3 is 2.90 bits per heavy atom. The van der Waals surface area contributed by atoms with Crippen molar-refractivity contribution in [2.24, 2.45) is 5.92 Å². The predicted molar refractivity (Wildman–Crippen MR) is 79.0 cm³/mol. The molecule has 0 radical (unpaired) electrons. The highest BCUT2D eigenvalue weighted by Gasteiger charge is 2.35. The number of ether oxygens (including phenoxy) is 1. The van der Waals surface area contributed by atoms with E-state index in [1.165, 1.54) is 0 Å². The summed E-state index contributed by atoms with van der Waals surface area (Å²) >= 11 is 5.84. The summed E-state index contributed by atoms with van der Waals surface area (Å²) in [5, 5.41) is 7.10. The van der Waals surface area contributed by atoms with Gasteiger partial charge in [-0.2, -0.15) is 0 Å². The SMILES string of the molecule is O=C(Nc1ccc(Cl)cc1)[C@H]1CC[C@H]2OCCN[C@@H]2C1. The molecule has 1 aromatic rings. The van der Waals surface area contributed by atoms with Crippen molar-refractivity contribution in [1.29, 1.82) is 0 Å². The van der Waals surface area contributed by atoms with Crippen LogP contribution in [0.1, 0.15) is 19.3 Å². The quantitative estimate of drug-likeness (QED) is 0.881. The zero-order chi connectivity index (χ0) is 13.9. The standard InChI is InChI=1S/C15H19ClN2O2/c16-11-2-4-12(5-3-11)18-15(19)10-1-6-14-13(9-10)17-7-8-20-14/h2-5,10,13-14,17H,1,6-9H2,(H,18,19)/t10-,13+,14+/m0/s1. The minimum absolute atomic E-state index is 0.0566. The van der Waals surface area contributed by atoms with Crippen LogP contribution in [0.15, 0.2) is 24.3 Å². The molecule has 5 heteroatoms. The lowest BCUT2D eigenvalue weighted by Gasteiger charge is -2.39. The van der Waals surface area contributed by atoms with Crippen molar-refractivity contribution < 1.29 is 9.53 Å². The van der Waals surface area contributed by atoms with Gasteiger partial charge in [-0.1, -0.05) is 11.6 Å². The summed E-state index contributed by atoms with van der Waals surface area (Å²) in [6, 6.07) is 7.54. The van der Waals surface area contributed by atoms with Crippen LogP contribution in [0.3, 0.4) is 0 Å². The number of carbonyl (C=O) groups excluding carboxylic acids is 1. The molecule has 20 heavy (non-hydrogen) atoms. The summed E-state index contributed by atoms with van der Waals surface area (Å²) in [6.45, 7) is 1.66. The first-order valence-corrected chi connectivity index (χ1v) is 7.51. The van der Waals surface area contributed by atoms with Crippen LogP contribution in [-0.2, 0) is 9.53 Å². The van der Waals surface area contributed by atoms with Crippen molar-refractivity contribution in [3.8, 4) is 0 Å². The van der Waals surface area contributed by atoms with Crippen LogP contribution in [0.4, 0.5) is 5.69 Å². The first-order chi connectivity index (χ1) is 9.72. The number of morpholine rings is 1. The molecule has 2 N–H and O–H groups in total. The van der Waals surface area contributed by atoms with Crippen molar-refractivity contribution >= 4 is 23.2 Å². The molecule has 1 amide bonds. The molecule has 1 saturated carbocycles. The Labute approximate surface area is 123 Å². The summed E-state index contributed by atoms with van der Waals surface area (Å²) in [5.41, 5.74) is 0.800. The van der Waals surface area contributed by atoms with E-state index in [2.05, 4.69) is 10.6 Å². The molecule has 0 spiro atoms. The van der Waals surface area contributed by atoms with Gasteiger partial charge < -0.3 is 15.4 Å². The van der Waals surface area contributed by atoms with Gasteiger partial charge in [0.05, 0.1) is 12.7 Å². The third kappa shape index (κ3) is 3.14. The van der Waals surface area contributed by atoms with Gasteiger partial charge in [0, 0.05) is 29.2 Å². The van der Waals surface area contributed by atoms with E-state index in [9.17, 15) is 4.79 Å². The number of halogens is 1. The van der Waals surface area contributed by atoms with Gasteiger partial charge in [0.25, 0.3) is 0 Å². The van der Waals surface area contributed by atoms with E-state index in [1.54, 1.807) is 12.1 Å². The topological polar surface area (TPSA) is 50.4 Å². The number of anilines is 1. The van der Waals surface area contributed by atoms with Gasteiger partial charge in [0.1, 0.15) is 0 Å². The number of amides is 1. The van der Waals surface area contributed by atoms with Gasteiger partial charge in [-0.15, -0.1) is 0 Å². The number of hydrogen-bond donors (Lipinski definition) is 2. The lowest BCUT2D eigenvalue weighted by Crippen LogP contribution is -2.52. The summed E-state index contributed by atoms with van der Waals surface area (Å²) < 4.78 is 5.73. The van der Waals surface area contributed by atoms with Crippen molar-refractivity contribution in [1.82, 2.24) is 5.32 Å². The Morgan fingerprint density at radius 1 is 1.30 bits per heavy atom. The first-order valence-electron chi connectivity index (χ1n) is 7.14.